The molecule has 0 aliphatic carbocycles. The van der Waals surface area contributed by atoms with E-state index in [1.807, 2.05) is 18.2 Å². The van der Waals surface area contributed by atoms with Crippen LogP contribution in [-0.2, 0) is 10.8 Å². The molecule has 180 valence electrons. The zero-order valence-electron chi connectivity index (χ0n) is 21.3. The molecule has 0 N–H and O–H groups in total. The van der Waals surface area contributed by atoms with E-state index < -0.39 is 8.32 Å². The Balaban J connectivity index is 1.65. The number of nitrogens with zero attached hydrogens (tertiary/aromatic N) is 2. The Morgan fingerprint density at radius 2 is 1.74 bits per heavy atom. The Morgan fingerprint density at radius 3 is 2.44 bits per heavy atom. The normalized spacial score (nSPS) is 12.9. The fourth-order valence-corrected chi connectivity index (χ4v) is 5.02. The van der Waals surface area contributed by atoms with Gasteiger partial charge in [0.1, 0.15) is 6.10 Å². The van der Waals surface area contributed by atoms with Gasteiger partial charge in [0.25, 0.3) is 0 Å². The number of rotatable bonds is 11. The van der Waals surface area contributed by atoms with E-state index in [4.69, 9.17) is 8.84 Å². The van der Waals surface area contributed by atoms with Crippen molar-refractivity contribution in [1.82, 2.24) is 4.98 Å². The van der Waals surface area contributed by atoms with E-state index in [2.05, 4.69) is 75.3 Å². The molecule has 1 heterocycles. The summed E-state index contributed by atoms with van der Waals surface area (Å²) in [6, 6.07) is 20.3. The zero-order valence-corrected chi connectivity index (χ0v) is 22.3. The van der Waals surface area contributed by atoms with Gasteiger partial charge >= 0.3 is 0 Å². The maximum atomic E-state index is 9.22. The SMILES string of the molecule is CC(C)(C)[Si](C)(C)OC(CCCCCCc1ccccc1)c1ncc(-c2cccc(C#N)c2)o1. The van der Waals surface area contributed by atoms with Crippen LogP contribution in [0.3, 0.4) is 0 Å². The molecule has 0 amide bonds. The Labute approximate surface area is 206 Å². The van der Waals surface area contributed by atoms with Gasteiger partial charge < -0.3 is 8.84 Å². The molecule has 3 rings (SSSR count). The molecule has 3 aromatic rings. The summed E-state index contributed by atoms with van der Waals surface area (Å²) >= 11 is 0. The maximum Gasteiger partial charge on any atom is 0.222 e. The number of hydrogen-bond donors (Lipinski definition) is 0. The molecule has 2 aromatic carbocycles. The highest BCUT2D eigenvalue weighted by atomic mass is 28.4. The zero-order chi connectivity index (χ0) is 24.6. The van der Waals surface area contributed by atoms with Gasteiger partial charge in [-0.25, -0.2) is 4.98 Å². The van der Waals surface area contributed by atoms with Crippen molar-refractivity contribution >= 4 is 8.32 Å². The lowest BCUT2D eigenvalue weighted by Crippen LogP contribution is -2.41. The van der Waals surface area contributed by atoms with E-state index in [1.165, 1.54) is 24.8 Å². The van der Waals surface area contributed by atoms with Crippen molar-refractivity contribution in [3.8, 4) is 17.4 Å². The molecule has 0 fully saturated rings. The first-order valence-corrected chi connectivity index (χ1v) is 15.3. The number of hydrogen-bond acceptors (Lipinski definition) is 4. The second-order valence-electron chi connectivity index (χ2n) is 10.6. The van der Waals surface area contributed by atoms with E-state index in [-0.39, 0.29) is 11.1 Å². The van der Waals surface area contributed by atoms with Crippen LogP contribution in [0.4, 0.5) is 0 Å². The number of benzene rings is 2. The first-order chi connectivity index (χ1) is 16.2. The van der Waals surface area contributed by atoms with Gasteiger partial charge in [-0.15, -0.1) is 0 Å². The molecule has 0 saturated carbocycles. The smallest absolute Gasteiger partial charge is 0.222 e. The Hall–Kier alpha value is -2.68. The van der Waals surface area contributed by atoms with Gasteiger partial charge in [-0.3, -0.25) is 0 Å². The minimum Gasteiger partial charge on any atom is -0.438 e. The number of unbranched alkanes of at least 4 members (excludes halogenated alkanes) is 3. The Morgan fingerprint density at radius 1 is 1.00 bits per heavy atom. The second kappa shape index (κ2) is 11.6. The van der Waals surface area contributed by atoms with Crippen LogP contribution < -0.4 is 0 Å². The molecule has 0 aliphatic heterocycles. The van der Waals surface area contributed by atoms with Crippen LogP contribution in [0.25, 0.3) is 11.3 Å². The van der Waals surface area contributed by atoms with Crippen molar-refractivity contribution in [3.63, 3.8) is 0 Å². The molecule has 0 aliphatic rings. The third kappa shape index (κ3) is 7.16. The molecule has 0 radical (unpaired) electrons. The summed E-state index contributed by atoms with van der Waals surface area (Å²) in [6.45, 7) is 11.3. The van der Waals surface area contributed by atoms with Gasteiger partial charge in [-0.05, 0) is 55.1 Å². The summed E-state index contributed by atoms with van der Waals surface area (Å²) in [7, 11) is -2.00. The average Bonchev–Trinajstić information content (AvgIpc) is 3.31. The highest BCUT2D eigenvalue weighted by Gasteiger charge is 2.40. The predicted octanol–water partition coefficient (Wildman–Crippen LogP) is 8.47. The molecular formula is C29H38N2O2Si. The van der Waals surface area contributed by atoms with E-state index in [1.54, 1.807) is 12.3 Å². The Kier molecular flexibility index (Phi) is 8.88. The van der Waals surface area contributed by atoms with Crippen LogP contribution in [0, 0.1) is 11.3 Å². The molecule has 1 aromatic heterocycles. The number of oxazole rings is 1. The van der Waals surface area contributed by atoms with Gasteiger partial charge in [-0.2, -0.15) is 5.26 Å². The second-order valence-corrected chi connectivity index (χ2v) is 15.3. The average molecular weight is 475 g/mol. The van der Waals surface area contributed by atoms with E-state index in [0.29, 0.717) is 17.2 Å². The number of aryl methyl sites for hydroxylation is 1. The molecule has 0 spiro atoms. The summed E-state index contributed by atoms with van der Waals surface area (Å²) < 4.78 is 13.0. The standard InChI is InChI=1S/C29H38N2O2Si/c1-29(2,3)34(4,5)33-26(19-12-7-6-9-14-23-15-10-8-11-16-23)28-31-22-27(32-28)25-18-13-17-24(20-25)21-30/h8,10-11,13,15-18,20,22,26H,6-7,9,12,14,19H2,1-5H3. The predicted molar refractivity (Wildman–Crippen MR) is 141 cm³/mol. The van der Waals surface area contributed by atoms with Gasteiger partial charge in [0.15, 0.2) is 14.1 Å². The van der Waals surface area contributed by atoms with Gasteiger partial charge in [-0.1, -0.05) is 82.5 Å². The van der Waals surface area contributed by atoms with Crippen molar-refractivity contribution in [1.29, 1.82) is 5.26 Å². The van der Waals surface area contributed by atoms with E-state index in [0.717, 1.165) is 24.8 Å². The number of nitriles is 1. The molecule has 5 heteroatoms. The molecule has 1 atom stereocenters. The highest BCUT2D eigenvalue weighted by Crippen LogP contribution is 2.41. The first kappa shape index (κ1) is 25.9. The van der Waals surface area contributed by atoms with E-state index >= 15 is 0 Å². The van der Waals surface area contributed by atoms with Crippen molar-refractivity contribution in [2.45, 2.75) is 83.5 Å². The summed E-state index contributed by atoms with van der Waals surface area (Å²) in [6.07, 6.45) is 8.30. The lowest BCUT2D eigenvalue weighted by molar-refractivity contribution is 0.139. The van der Waals surface area contributed by atoms with Crippen LogP contribution in [0.1, 0.15) is 76.0 Å². The van der Waals surface area contributed by atoms with Crippen molar-refractivity contribution in [2.24, 2.45) is 0 Å². The van der Waals surface area contributed by atoms with Crippen LogP contribution in [0.5, 0.6) is 0 Å². The van der Waals surface area contributed by atoms with Crippen LogP contribution >= 0.6 is 0 Å². The molecule has 34 heavy (non-hydrogen) atoms. The fraction of sp³-hybridized carbons (Fsp3) is 0.448. The van der Waals surface area contributed by atoms with Gasteiger partial charge in [0.05, 0.1) is 17.8 Å². The molecule has 0 saturated heterocycles. The topological polar surface area (TPSA) is 59.0 Å². The van der Waals surface area contributed by atoms with E-state index in [9.17, 15) is 5.26 Å². The summed E-state index contributed by atoms with van der Waals surface area (Å²) in [5.74, 6) is 1.32. The monoisotopic (exact) mass is 474 g/mol. The summed E-state index contributed by atoms with van der Waals surface area (Å²) in [4.78, 5) is 4.62. The fourth-order valence-electron chi connectivity index (χ4n) is 3.73. The Bertz CT molecular complexity index is 1080. The van der Waals surface area contributed by atoms with Crippen LogP contribution in [-0.4, -0.2) is 13.3 Å². The highest BCUT2D eigenvalue weighted by molar-refractivity contribution is 6.74. The minimum atomic E-state index is -2.00. The summed E-state index contributed by atoms with van der Waals surface area (Å²) in [5.41, 5.74) is 2.89. The van der Waals surface area contributed by atoms with Crippen LogP contribution in [0.15, 0.2) is 65.2 Å². The molecule has 0 bridgehead atoms. The van der Waals surface area contributed by atoms with Gasteiger partial charge in [0.2, 0.25) is 5.89 Å². The maximum absolute atomic E-state index is 9.22. The summed E-state index contributed by atoms with van der Waals surface area (Å²) in [5, 5.41) is 9.33. The third-order valence-corrected chi connectivity index (χ3v) is 11.3. The minimum absolute atomic E-state index is 0.109. The molecule has 1 unspecified atom stereocenters. The lowest BCUT2D eigenvalue weighted by Gasteiger charge is -2.38. The van der Waals surface area contributed by atoms with Crippen LogP contribution in [0.2, 0.25) is 18.1 Å². The third-order valence-electron chi connectivity index (χ3n) is 6.84. The van der Waals surface area contributed by atoms with Crippen molar-refractivity contribution < 1.29 is 8.84 Å². The lowest BCUT2D eigenvalue weighted by atomic mass is 10.0. The van der Waals surface area contributed by atoms with Crippen molar-refractivity contribution in [2.75, 3.05) is 0 Å². The quantitative estimate of drug-likeness (QED) is 0.206. The first-order valence-electron chi connectivity index (χ1n) is 12.4. The number of aromatic nitrogens is 1. The molecular weight excluding hydrogens is 436 g/mol. The largest absolute Gasteiger partial charge is 0.438 e. The van der Waals surface area contributed by atoms with Gasteiger partial charge in [0, 0.05) is 5.56 Å². The molecule has 4 nitrogen and oxygen atoms in total. The van der Waals surface area contributed by atoms with Crippen molar-refractivity contribution in [3.05, 3.63) is 77.8 Å².